The van der Waals surface area contributed by atoms with Crippen molar-refractivity contribution in [2.75, 3.05) is 11.9 Å². The Morgan fingerprint density at radius 2 is 1.64 bits per heavy atom. The maximum atomic E-state index is 12.0. The van der Waals surface area contributed by atoms with E-state index < -0.39 is 0 Å². The monoisotopic (exact) mass is 402 g/mol. The highest BCUT2D eigenvalue weighted by Gasteiger charge is 2.09. The second-order valence-corrected chi connectivity index (χ2v) is 6.56. The van der Waals surface area contributed by atoms with Gasteiger partial charge in [0, 0.05) is 34.3 Å². The zero-order chi connectivity index (χ0) is 18.4. The van der Waals surface area contributed by atoms with Crippen LogP contribution < -0.4 is 10.6 Å². The topological polar surface area (TPSA) is 75.3 Å². The Kier molecular flexibility index (Phi) is 6.47. The van der Waals surface area contributed by atoms with Crippen LogP contribution in [0.5, 0.6) is 0 Å². The largest absolute Gasteiger partial charge is 0.352 e. The van der Waals surface area contributed by atoms with Gasteiger partial charge >= 0.3 is 0 Å². The van der Waals surface area contributed by atoms with Gasteiger partial charge in [0.05, 0.1) is 0 Å². The van der Waals surface area contributed by atoms with E-state index >= 15 is 0 Å². The molecule has 2 amide bonds. The molecule has 25 heavy (non-hydrogen) atoms. The Bertz CT molecular complexity index is 801. The molecule has 0 heterocycles. The number of carbonyl (C=O) groups excluding carboxylic acids is 3. The lowest BCUT2D eigenvalue weighted by Crippen LogP contribution is -2.27. The third-order valence-corrected chi connectivity index (χ3v) is 4.16. The zero-order valence-electron chi connectivity index (χ0n) is 14.1. The van der Waals surface area contributed by atoms with E-state index in [4.69, 9.17) is 0 Å². The van der Waals surface area contributed by atoms with Crippen molar-refractivity contribution in [1.29, 1.82) is 0 Å². The van der Waals surface area contributed by atoms with E-state index in [2.05, 4.69) is 26.6 Å². The van der Waals surface area contributed by atoms with Crippen molar-refractivity contribution in [2.45, 2.75) is 20.3 Å². The van der Waals surface area contributed by atoms with Crippen molar-refractivity contribution in [3.05, 3.63) is 63.6 Å². The Hall–Kier alpha value is -2.47. The summed E-state index contributed by atoms with van der Waals surface area (Å²) < 4.78 is 0.885. The first-order valence-electron chi connectivity index (χ1n) is 7.82. The van der Waals surface area contributed by atoms with Gasteiger partial charge in [-0.1, -0.05) is 34.1 Å². The first-order valence-corrected chi connectivity index (χ1v) is 8.61. The molecule has 2 aromatic rings. The maximum absolute atomic E-state index is 12.0. The first-order chi connectivity index (χ1) is 11.9. The third kappa shape index (κ3) is 5.53. The maximum Gasteiger partial charge on any atom is 0.251 e. The summed E-state index contributed by atoms with van der Waals surface area (Å²) >= 11 is 3.37. The van der Waals surface area contributed by atoms with Gasteiger partial charge in [0.25, 0.3) is 5.91 Å². The number of nitrogens with one attached hydrogen (secondary N) is 2. The van der Waals surface area contributed by atoms with Gasteiger partial charge in [0.15, 0.2) is 5.78 Å². The molecule has 0 saturated heterocycles. The van der Waals surface area contributed by atoms with E-state index in [-0.39, 0.29) is 30.6 Å². The van der Waals surface area contributed by atoms with E-state index in [0.717, 1.165) is 15.7 Å². The molecule has 0 spiro atoms. The van der Waals surface area contributed by atoms with Gasteiger partial charge in [-0.2, -0.15) is 0 Å². The van der Waals surface area contributed by atoms with Crippen LogP contribution in [-0.2, 0) is 4.79 Å². The molecule has 0 atom stereocenters. The van der Waals surface area contributed by atoms with Crippen LogP contribution >= 0.6 is 15.9 Å². The normalized spacial score (nSPS) is 10.2. The molecule has 0 radical (unpaired) electrons. The summed E-state index contributed by atoms with van der Waals surface area (Å²) in [7, 11) is 0. The fourth-order valence-corrected chi connectivity index (χ4v) is 2.55. The minimum atomic E-state index is -0.276. The Morgan fingerprint density at radius 3 is 2.28 bits per heavy atom. The molecule has 0 aliphatic rings. The highest BCUT2D eigenvalue weighted by molar-refractivity contribution is 9.10. The van der Waals surface area contributed by atoms with Crippen molar-refractivity contribution in [2.24, 2.45) is 0 Å². The Balaban J connectivity index is 1.83. The summed E-state index contributed by atoms with van der Waals surface area (Å²) in [6, 6.07) is 12.1. The fourth-order valence-electron chi connectivity index (χ4n) is 2.19. The number of ketones is 1. The number of aryl methyl sites for hydroxylation is 1. The molecule has 6 heteroatoms. The minimum Gasteiger partial charge on any atom is -0.352 e. The van der Waals surface area contributed by atoms with Crippen molar-refractivity contribution in [1.82, 2.24) is 5.32 Å². The van der Waals surface area contributed by atoms with Crippen molar-refractivity contribution < 1.29 is 14.4 Å². The summed E-state index contributed by atoms with van der Waals surface area (Å²) in [6.07, 6.45) is 0.170. The molecule has 5 nitrogen and oxygen atoms in total. The van der Waals surface area contributed by atoms with Crippen molar-refractivity contribution >= 4 is 39.2 Å². The predicted octanol–water partition coefficient (Wildman–Crippen LogP) is 3.72. The number of carbonyl (C=O) groups is 3. The third-order valence-electron chi connectivity index (χ3n) is 3.66. The van der Waals surface area contributed by atoms with Gasteiger partial charge in [-0.3, -0.25) is 14.4 Å². The van der Waals surface area contributed by atoms with Crippen LogP contribution in [0, 0.1) is 6.92 Å². The van der Waals surface area contributed by atoms with Crippen LogP contribution in [0.25, 0.3) is 0 Å². The molecule has 2 rings (SSSR count). The Labute approximate surface area is 154 Å². The van der Waals surface area contributed by atoms with Crippen LogP contribution in [0.1, 0.15) is 39.6 Å². The molecule has 0 bridgehead atoms. The average Bonchev–Trinajstić information content (AvgIpc) is 2.58. The zero-order valence-corrected chi connectivity index (χ0v) is 15.6. The summed E-state index contributed by atoms with van der Waals surface area (Å²) in [6.45, 7) is 3.61. The average molecular weight is 403 g/mol. The fraction of sp³-hybridized carbons (Fsp3) is 0.211. The quantitative estimate of drug-likeness (QED) is 0.722. The molecule has 0 aliphatic heterocycles. The molecule has 0 fully saturated rings. The molecule has 2 aromatic carbocycles. The number of rotatable bonds is 6. The van der Waals surface area contributed by atoms with Crippen molar-refractivity contribution in [3.8, 4) is 0 Å². The van der Waals surface area contributed by atoms with E-state index in [1.807, 2.05) is 25.1 Å². The van der Waals surface area contributed by atoms with Gasteiger partial charge in [0.2, 0.25) is 5.91 Å². The molecular weight excluding hydrogens is 384 g/mol. The van der Waals surface area contributed by atoms with Crippen LogP contribution in [0.15, 0.2) is 46.9 Å². The lowest BCUT2D eigenvalue weighted by atomic mass is 10.1. The summed E-state index contributed by atoms with van der Waals surface area (Å²) in [5.41, 5.74) is 2.71. The molecular formula is C19H19BrN2O3. The summed E-state index contributed by atoms with van der Waals surface area (Å²) in [5.74, 6) is -0.499. The van der Waals surface area contributed by atoms with Gasteiger partial charge in [-0.25, -0.2) is 0 Å². The lowest BCUT2D eigenvalue weighted by Gasteiger charge is -2.09. The predicted molar refractivity (Wildman–Crippen MR) is 101 cm³/mol. The van der Waals surface area contributed by atoms with Gasteiger partial charge in [0.1, 0.15) is 0 Å². The van der Waals surface area contributed by atoms with E-state index in [9.17, 15) is 14.4 Å². The van der Waals surface area contributed by atoms with E-state index in [1.165, 1.54) is 6.92 Å². The number of hydrogen-bond acceptors (Lipinski definition) is 3. The van der Waals surface area contributed by atoms with E-state index in [0.29, 0.717) is 11.1 Å². The number of halogens is 1. The number of anilines is 1. The van der Waals surface area contributed by atoms with Crippen molar-refractivity contribution in [3.63, 3.8) is 0 Å². The second-order valence-electron chi connectivity index (χ2n) is 5.65. The van der Waals surface area contributed by atoms with Gasteiger partial charge < -0.3 is 10.6 Å². The molecule has 0 aromatic heterocycles. The van der Waals surface area contributed by atoms with Crippen LogP contribution in [0.4, 0.5) is 5.69 Å². The summed E-state index contributed by atoms with van der Waals surface area (Å²) in [4.78, 5) is 35.2. The standard InChI is InChI=1S/C19H19BrN2O3/c1-12-3-8-16(20)11-17(12)22-18(24)9-10-21-19(25)15-6-4-14(5-7-15)13(2)23/h3-8,11H,9-10H2,1-2H3,(H,21,25)(H,22,24). The highest BCUT2D eigenvalue weighted by atomic mass is 79.9. The van der Waals surface area contributed by atoms with Crippen LogP contribution in [0.3, 0.4) is 0 Å². The Morgan fingerprint density at radius 1 is 1.00 bits per heavy atom. The number of benzene rings is 2. The smallest absolute Gasteiger partial charge is 0.251 e. The van der Waals surface area contributed by atoms with Crippen LogP contribution in [0.2, 0.25) is 0 Å². The van der Waals surface area contributed by atoms with Gasteiger partial charge in [-0.05, 0) is 43.7 Å². The van der Waals surface area contributed by atoms with Gasteiger partial charge in [-0.15, -0.1) is 0 Å². The SMILES string of the molecule is CC(=O)c1ccc(C(=O)NCCC(=O)Nc2cc(Br)ccc2C)cc1. The first kappa shape index (κ1) is 18.9. The lowest BCUT2D eigenvalue weighted by molar-refractivity contribution is -0.116. The number of hydrogen-bond donors (Lipinski definition) is 2. The molecule has 0 unspecified atom stereocenters. The summed E-state index contributed by atoms with van der Waals surface area (Å²) in [5, 5.41) is 5.52. The van der Waals surface area contributed by atoms with E-state index in [1.54, 1.807) is 24.3 Å². The highest BCUT2D eigenvalue weighted by Crippen LogP contribution is 2.20. The number of Topliss-reactive ketones (excluding diaryl/α,β-unsaturated/α-hetero) is 1. The molecule has 2 N–H and O–H groups in total. The molecule has 130 valence electrons. The minimum absolute atomic E-state index is 0.0496. The van der Waals surface area contributed by atoms with Crippen LogP contribution in [-0.4, -0.2) is 24.1 Å². The molecule has 0 aliphatic carbocycles. The molecule has 0 saturated carbocycles. The second kappa shape index (κ2) is 8.58. The number of amides is 2.